The molecule has 25 heteroatoms. The van der Waals surface area contributed by atoms with Gasteiger partial charge in [0.1, 0.15) is 23.9 Å². The largest absolute Gasteiger partial charge is 0.480 e. The molecule has 2 aromatic heterocycles. The number of nitrogens with two attached hydrogens (primary N) is 2. The number of unbranched alkanes of at least 4 members (excludes halogenated alkanes) is 2. The number of carboxylic acids is 2. The third-order valence-corrected chi connectivity index (χ3v) is 10.7. The summed E-state index contributed by atoms with van der Waals surface area (Å²) in [5.74, 6) is -8.71. The molecule has 0 radical (unpaired) electrons. The van der Waals surface area contributed by atoms with Gasteiger partial charge in [0, 0.05) is 43.0 Å². The Morgan fingerprint density at radius 2 is 1.47 bits per heavy atom. The molecule has 0 bridgehead atoms. The van der Waals surface area contributed by atoms with Crippen molar-refractivity contribution in [2.75, 3.05) is 35.2 Å². The Morgan fingerprint density at radius 1 is 0.771 bits per heavy atom. The van der Waals surface area contributed by atoms with Gasteiger partial charge >= 0.3 is 11.9 Å². The highest BCUT2D eigenvalue weighted by molar-refractivity contribution is 6.13. The Hall–Kier alpha value is -8.64. The van der Waals surface area contributed by atoms with Gasteiger partial charge in [-0.05, 0) is 74.9 Å². The smallest absolute Gasteiger partial charge is 0.336 e. The molecule has 2 aromatic carbocycles. The zero-order valence-electron chi connectivity index (χ0n) is 38.2. The van der Waals surface area contributed by atoms with Gasteiger partial charge in [0.05, 0.1) is 35.1 Å². The molecule has 3 heterocycles. The number of hydrogen-bond acceptors (Lipinski definition) is 16. The van der Waals surface area contributed by atoms with Crippen LogP contribution in [0.1, 0.15) is 96.1 Å². The topological polar surface area (TPSA) is 373 Å². The van der Waals surface area contributed by atoms with Gasteiger partial charge in [-0.15, -0.1) is 0 Å². The van der Waals surface area contributed by atoms with Crippen molar-refractivity contribution in [2.24, 2.45) is 5.92 Å². The number of imide groups is 1. The number of carbonyl (C=O) groups excluding carboxylic acids is 7. The van der Waals surface area contributed by atoms with Crippen molar-refractivity contribution in [3.05, 3.63) is 82.9 Å². The summed E-state index contributed by atoms with van der Waals surface area (Å²) in [4.78, 5) is 130. The Balaban J connectivity index is 1.06. The van der Waals surface area contributed by atoms with Crippen molar-refractivity contribution in [3.63, 3.8) is 0 Å². The molecule has 0 aliphatic carbocycles. The molecule has 7 amide bonds. The van der Waals surface area contributed by atoms with E-state index in [1.54, 1.807) is 13.8 Å². The van der Waals surface area contributed by atoms with E-state index in [2.05, 4.69) is 51.8 Å². The minimum Gasteiger partial charge on any atom is -0.480 e. The van der Waals surface area contributed by atoms with Crippen LogP contribution in [0.2, 0.25) is 0 Å². The number of aliphatic carboxylic acids is 1. The minimum absolute atomic E-state index is 0.00995. The number of rotatable bonds is 24. The predicted octanol–water partition coefficient (Wildman–Crippen LogP) is 1.50. The summed E-state index contributed by atoms with van der Waals surface area (Å²) in [6, 6.07) is 3.41. The number of aromatic nitrogens is 4. The van der Waals surface area contributed by atoms with E-state index in [0.29, 0.717) is 25.0 Å². The predicted molar refractivity (Wildman–Crippen MR) is 249 cm³/mol. The lowest BCUT2D eigenvalue weighted by molar-refractivity contribution is -0.139. The Bertz CT molecular complexity index is 2720. The molecule has 12 N–H and O–H groups in total. The lowest BCUT2D eigenvalue weighted by atomic mass is 10.0. The van der Waals surface area contributed by atoms with Crippen LogP contribution >= 0.6 is 0 Å². The van der Waals surface area contributed by atoms with Crippen molar-refractivity contribution in [1.29, 1.82) is 0 Å². The minimum atomic E-state index is -1.51. The van der Waals surface area contributed by atoms with Gasteiger partial charge in [0.25, 0.3) is 23.6 Å². The summed E-state index contributed by atoms with van der Waals surface area (Å²) in [6.45, 7) is 4.94. The molecule has 24 nitrogen and oxygen atoms in total. The summed E-state index contributed by atoms with van der Waals surface area (Å²) in [7, 11) is 0. The number of nitrogen functional groups attached to an aromatic ring is 2. The van der Waals surface area contributed by atoms with Gasteiger partial charge in [0.2, 0.25) is 23.7 Å². The lowest BCUT2D eigenvalue weighted by Gasteiger charge is -2.24. The first-order valence-corrected chi connectivity index (χ1v) is 21.9. The molecule has 0 fully saturated rings. The number of fused-ring (bicyclic) bond motifs is 1. The average Bonchev–Trinajstić information content (AvgIpc) is 3.63. The summed E-state index contributed by atoms with van der Waals surface area (Å²) < 4.78 is 15.1. The van der Waals surface area contributed by atoms with E-state index in [1.165, 1.54) is 37.4 Å². The van der Waals surface area contributed by atoms with Crippen LogP contribution in [0.4, 0.5) is 27.5 Å². The first kappa shape index (κ1) is 52.3. The van der Waals surface area contributed by atoms with Crippen molar-refractivity contribution in [3.8, 4) is 0 Å². The van der Waals surface area contributed by atoms with Gasteiger partial charge in [-0.1, -0.05) is 20.3 Å². The molecule has 0 saturated heterocycles. The standard InChI is InChI=1S/C45H52FN13O11/c1-22(2)35(56-32(60)9-5-4-6-17-59-33(61)14-15-34(59)62)42(66)52-23(3)39(63)54-25-11-12-27(29(18-25)43(67)68)40(64)49-16-7-8-31(44(69)70)55-41(65)28-13-10-24(19-30(28)46)50-20-26-21-51-38-36(53-26)37(47)57-45(48)58-38/h10-15,18-19,21-23,31,35,50H,4-9,16-17,20H2,1-3H3,(H,49,64)(H,52,66)(H,54,63)(H,55,65)(H,56,60)(H,67,68)(H,69,70)(H4,47,48,51,57,58)/t23-,31-,35-/m0/s1. The van der Waals surface area contributed by atoms with E-state index in [-0.39, 0.29) is 96.5 Å². The van der Waals surface area contributed by atoms with Gasteiger partial charge in [0.15, 0.2) is 17.0 Å². The normalized spacial score (nSPS) is 13.4. The molecule has 5 rings (SSSR count). The second-order valence-electron chi connectivity index (χ2n) is 16.4. The van der Waals surface area contributed by atoms with E-state index in [4.69, 9.17) is 11.5 Å². The number of aromatic carboxylic acids is 1. The molecule has 70 heavy (non-hydrogen) atoms. The summed E-state index contributed by atoms with van der Waals surface area (Å²) in [5, 5.41) is 35.1. The van der Waals surface area contributed by atoms with E-state index in [1.807, 2.05) is 0 Å². The Morgan fingerprint density at radius 3 is 2.14 bits per heavy atom. The van der Waals surface area contributed by atoms with Crippen LogP contribution in [0.3, 0.4) is 0 Å². The molecular weight excluding hydrogens is 918 g/mol. The zero-order valence-corrected chi connectivity index (χ0v) is 38.2. The van der Waals surface area contributed by atoms with Gasteiger partial charge in [-0.3, -0.25) is 38.5 Å². The lowest BCUT2D eigenvalue weighted by Crippen LogP contribution is -2.53. The molecular formula is C45H52FN13O11. The summed E-state index contributed by atoms with van der Waals surface area (Å²) in [5.41, 5.74) is 11.3. The maximum Gasteiger partial charge on any atom is 0.336 e. The first-order valence-electron chi connectivity index (χ1n) is 21.9. The molecule has 370 valence electrons. The molecule has 0 unspecified atom stereocenters. The maximum atomic E-state index is 15.1. The number of hydrogen-bond donors (Lipinski definition) is 10. The zero-order chi connectivity index (χ0) is 51.2. The number of carboxylic acid groups (broad SMARTS) is 2. The second kappa shape index (κ2) is 23.9. The number of anilines is 4. The molecule has 0 spiro atoms. The summed E-state index contributed by atoms with van der Waals surface area (Å²) >= 11 is 0. The van der Waals surface area contributed by atoms with Crippen LogP contribution < -0.4 is 43.4 Å². The fourth-order valence-electron chi connectivity index (χ4n) is 6.95. The van der Waals surface area contributed by atoms with Crippen LogP contribution in [0, 0.1) is 11.7 Å². The third kappa shape index (κ3) is 14.2. The highest BCUT2D eigenvalue weighted by Gasteiger charge is 2.28. The van der Waals surface area contributed by atoms with Crippen molar-refractivity contribution < 1.29 is 57.8 Å². The second-order valence-corrected chi connectivity index (χ2v) is 16.4. The van der Waals surface area contributed by atoms with Gasteiger partial charge in [-0.25, -0.2) is 23.9 Å². The number of halogens is 1. The molecule has 1 aliphatic rings. The number of amides is 7. The molecule has 1 aliphatic heterocycles. The van der Waals surface area contributed by atoms with Crippen LogP contribution in [0.5, 0.6) is 0 Å². The maximum absolute atomic E-state index is 15.1. The third-order valence-electron chi connectivity index (χ3n) is 10.7. The molecule has 0 saturated carbocycles. The fourth-order valence-corrected chi connectivity index (χ4v) is 6.95. The first-order chi connectivity index (χ1) is 33.2. The van der Waals surface area contributed by atoms with Crippen LogP contribution in [-0.4, -0.2) is 120 Å². The SMILES string of the molecule is CC(C)[C@H](NC(=O)CCCCCN1C(=O)C=CC1=O)C(=O)N[C@@H](C)C(=O)Nc1ccc(C(=O)NCCC[C@H](NC(=O)c2ccc(NCc3cnc4nc(N)nc(N)c4n3)cc2F)C(=O)O)c(C(=O)O)c1. The monoisotopic (exact) mass is 969 g/mol. The van der Waals surface area contributed by atoms with E-state index >= 15 is 4.39 Å². The quantitative estimate of drug-likeness (QED) is 0.0351. The summed E-state index contributed by atoms with van der Waals surface area (Å²) in [6.07, 6.45) is 5.16. The highest BCUT2D eigenvalue weighted by Crippen LogP contribution is 2.20. The van der Waals surface area contributed by atoms with E-state index in [9.17, 15) is 53.4 Å². The Kier molecular flexibility index (Phi) is 17.9. The molecule has 4 aromatic rings. The van der Waals surface area contributed by atoms with Crippen LogP contribution in [0.15, 0.2) is 54.7 Å². The van der Waals surface area contributed by atoms with E-state index < -0.39 is 76.5 Å². The van der Waals surface area contributed by atoms with Crippen molar-refractivity contribution in [1.82, 2.24) is 46.1 Å². The Labute approximate surface area is 398 Å². The number of carbonyl (C=O) groups is 9. The van der Waals surface area contributed by atoms with Crippen LogP contribution in [-0.2, 0) is 35.3 Å². The number of benzene rings is 2. The van der Waals surface area contributed by atoms with Gasteiger partial charge in [-0.2, -0.15) is 9.97 Å². The van der Waals surface area contributed by atoms with Crippen LogP contribution in [0.25, 0.3) is 11.2 Å². The van der Waals surface area contributed by atoms with Crippen molar-refractivity contribution in [2.45, 2.75) is 84.0 Å². The highest BCUT2D eigenvalue weighted by atomic mass is 19.1. The van der Waals surface area contributed by atoms with E-state index in [0.717, 1.165) is 29.2 Å². The van der Waals surface area contributed by atoms with Gasteiger partial charge < -0.3 is 53.6 Å². The number of nitrogens with one attached hydrogen (secondary N) is 6. The average molecular weight is 970 g/mol. The fraction of sp³-hybridized carbons (Fsp3) is 0.356. The van der Waals surface area contributed by atoms with Crippen molar-refractivity contribution >= 4 is 87.6 Å². The molecule has 3 atom stereocenters. The number of nitrogens with zero attached hydrogens (tertiary/aromatic N) is 5.